The summed E-state index contributed by atoms with van der Waals surface area (Å²) in [4.78, 5) is 4.18. The first-order valence-electron chi connectivity index (χ1n) is 6.07. The number of nitrogens with zero attached hydrogens (tertiary/aromatic N) is 1. The number of guanidine groups is 1. The molecular formula is C12H25N3O. The Morgan fingerprint density at radius 1 is 1.38 bits per heavy atom. The van der Waals surface area contributed by atoms with Crippen molar-refractivity contribution in [3.8, 4) is 0 Å². The van der Waals surface area contributed by atoms with E-state index in [-0.39, 0.29) is 5.60 Å². The van der Waals surface area contributed by atoms with E-state index in [1.807, 2.05) is 0 Å². The summed E-state index contributed by atoms with van der Waals surface area (Å²) in [5.74, 6) is 1.83. The molecule has 1 saturated carbocycles. The minimum atomic E-state index is -0.159. The Balaban J connectivity index is 2.15. The lowest BCUT2D eigenvalue weighted by Crippen LogP contribution is -2.45. The fraction of sp³-hybridized carbons (Fsp3) is 0.917. The number of ether oxygens (including phenoxy) is 1. The van der Waals surface area contributed by atoms with Crippen LogP contribution in [-0.2, 0) is 4.74 Å². The van der Waals surface area contributed by atoms with E-state index < -0.39 is 0 Å². The normalized spacial score (nSPS) is 17.4. The highest BCUT2D eigenvalue weighted by molar-refractivity contribution is 5.79. The van der Waals surface area contributed by atoms with Crippen molar-refractivity contribution in [2.24, 2.45) is 10.9 Å². The summed E-state index contributed by atoms with van der Waals surface area (Å²) in [7, 11) is 3.53. The van der Waals surface area contributed by atoms with Gasteiger partial charge >= 0.3 is 0 Å². The zero-order valence-electron chi connectivity index (χ0n) is 11.0. The van der Waals surface area contributed by atoms with Crippen molar-refractivity contribution in [2.75, 3.05) is 27.2 Å². The van der Waals surface area contributed by atoms with Gasteiger partial charge in [-0.3, -0.25) is 4.99 Å². The van der Waals surface area contributed by atoms with Crippen LogP contribution in [0, 0.1) is 5.92 Å². The molecule has 4 nitrogen and oxygen atoms in total. The maximum atomic E-state index is 5.34. The van der Waals surface area contributed by atoms with Gasteiger partial charge in [-0.25, -0.2) is 0 Å². The minimum absolute atomic E-state index is 0.159. The molecule has 0 saturated heterocycles. The minimum Gasteiger partial charge on any atom is -0.377 e. The maximum absolute atomic E-state index is 5.34. The van der Waals surface area contributed by atoms with Crippen molar-refractivity contribution in [2.45, 2.75) is 38.7 Å². The fourth-order valence-electron chi connectivity index (χ4n) is 1.39. The monoisotopic (exact) mass is 227 g/mol. The molecule has 2 N–H and O–H groups in total. The zero-order chi connectivity index (χ0) is 12.0. The molecule has 16 heavy (non-hydrogen) atoms. The molecule has 0 aromatic heterocycles. The summed E-state index contributed by atoms with van der Waals surface area (Å²) in [6, 6.07) is 0. The average molecular weight is 227 g/mol. The van der Waals surface area contributed by atoms with Crippen LogP contribution in [0.5, 0.6) is 0 Å². The van der Waals surface area contributed by atoms with Gasteiger partial charge in [0.1, 0.15) is 0 Å². The molecule has 0 heterocycles. The zero-order valence-corrected chi connectivity index (χ0v) is 11.0. The molecule has 1 aliphatic carbocycles. The summed E-state index contributed by atoms with van der Waals surface area (Å²) in [6.45, 7) is 5.87. The van der Waals surface area contributed by atoms with E-state index >= 15 is 0 Å². The van der Waals surface area contributed by atoms with Crippen LogP contribution in [0.3, 0.4) is 0 Å². The van der Waals surface area contributed by atoms with Gasteiger partial charge in [-0.1, -0.05) is 12.8 Å². The molecule has 0 aliphatic heterocycles. The Bertz CT molecular complexity index is 234. The molecule has 1 rings (SSSR count). The predicted octanol–water partition coefficient (Wildman–Crippen LogP) is 1.38. The van der Waals surface area contributed by atoms with E-state index in [1.54, 1.807) is 14.2 Å². The molecule has 0 aromatic rings. The van der Waals surface area contributed by atoms with Crippen LogP contribution in [0.4, 0.5) is 0 Å². The van der Waals surface area contributed by atoms with Crippen molar-refractivity contribution in [3.63, 3.8) is 0 Å². The highest BCUT2D eigenvalue weighted by atomic mass is 16.5. The van der Waals surface area contributed by atoms with Crippen LogP contribution in [0.15, 0.2) is 4.99 Å². The lowest BCUT2D eigenvalue weighted by atomic mass is 10.1. The van der Waals surface area contributed by atoms with Gasteiger partial charge in [0.15, 0.2) is 5.96 Å². The van der Waals surface area contributed by atoms with E-state index in [0.717, 1.165) is 25.0 Å². The Hall–Kier alpha value is -0.770. The number of aliphatic imine (C=N–C) groups is 1. The average Bonchev–Trinajstić information content (AvgIpc) is 3.07. The van der Waals surface area contributed by atoms with Crippen LogP contribution in [0.25, 0.3) is 0 Å². The van der Waals surface area contributed by atoms with E-state index in [9.17, 15) is 0 Å². The first-order valence-corrected chi connectivity index (χ1v) is 6.07. The topological polar surface area (TPSA) is 45.7 Å². The van der Waals surface area contributed by atoms with Gasteiger partial charge < -0.3 is 15.4 Å². The van der Waals surface area contributed by atoms with Gasteiger partial charge in [0.25, 0.3) is 0 Å². The van der Waals surface area contributed by atoms with Gasteiger partial charge in [0.05, 0.1) is 5.60 Å². The standard InChI is InChI=1S/C12H25N3O/c1-12(2,16-4)9-15-11(13-3)14-8-7-10-5-6-10/h10H,5-9H2,1-4H3,(H2,13,14,15). The van der Waals surface area contributed by atoms with Crippen LogP contribution < -0.4 is 10.6 Å². The highest BCUT2D eigenvalue weighted by Crippen LogP contribution is 2.31. The highest BCUT2D eigenvalue weighted by Gasteiger charge is 2.20. The summed E-state index contributed by atoms with van der Waals surface area (Å²) in [6.07, 6.45) is 4.07. The Kier molecular flexibility index (Phi) is 5.06. The Morgan fingerprint density at radius 3 is 2.56 bits per heavy atom. The van der Waals surface area contributed by atoms with Crippen molar-refractivity contribution in [1.29, 1.82) is 0 Å². The molecule has 0 radical (unpaired) electrons. The fourth-order valence-corrected chi connectivity index (χ4v) is 1.39. The largest absolute Gasteiger partial charge is 0.377 e. The third-order valence-corrected chi connectivity index (χ3v) is 3.00. The quantitative estimate of drug-likeness (QED) is 0.532. The molecule has 0 spiro atoms. The molecule has 1 aliphatic rings. The second-order valence-corrected chi connectivity index (χ2v) is 5.05. The molecule has 0 atom stereocenters. The lowest BCUT2D eigenvalue weighted by molar-refractivity contribution is 0.0268. The van der Waals surface area contributed by atoms with Crippen molar-refractivity contribution < 1.29 is 4.74 Å². The summed E-state index contributed by atoms with van der Waals surface area (Å²) in [5.41, 5.74) is -0.159. The summed E-state index contributed by atoms with van der Waals surface area (Å²) >= 11 is 0. The predicted molar refractivity (Wildman–Crippen MR) is 67.8 cm³/mol. The number of nitrogens with one attached hydrogen (secondary N) is 2. The number of methoxy groups -OCH3 is 1. The number of hydrogen-bond acceptors (Lipinski definition) is 2. The van der Waals surface area contributed by atoms with E-state index in [4.69, 9.17) is 4.74 Å². The lowest BCUT2D eigenvalue weighted by Gasteiger charge is -2.24. The van der Waals surface area contributed by atoms with Crippen molar-refractivity contribution in [1.82, 2.24) is 10.6 Å². The van der Waals surface area contributed by atoms with Crippen molar-refractivity contribution >= 4 is 5.96 Å². The molecular weight excluding hydrogens is 202 g/mol. The third kappa shape index (κ3) is 5.35. The van der Waals surface area contributed by atoms with E-state index in [0.29, 0.717) is 0 Å². The molecule has 94 valence electrons. The number of rotatable bonds is 6. The van der Waals surface area contributed by atoms with Crippen LogP contribution in [-0.4, -0.2) is 38.8 Å². The van der Waals surface area contributed by atoms with Crippen LogP contribution in [0.2, 0.25) is 0 Å². The second kappa shape index (κ2) is 6.09. The smallest absolute Gasteiger partial charge is 0.191 e. The van der Waals surface area contributed by atoms with Gasteiger partial charge in [-0.15, -0.1) is 0 Å². The summed E-state index contributed by atoms with van der Waals surface area (Å²) in [5, 5.41) is 6.59. The van der Waals surface area contributed by atoms with Crippen LogP contribution >= 0.6 is 0 Å². The third-order valence-electron chi connectivity index (χ3n) is 3.00. The molecule has 0 aromatic carbocycles. The van der Waals surface area contributed by atoms with Crippen molar-refractivity contribution in [3.05, 3.63) is 0 Å². The van der Waals surface area contributed by atoms with Gasteiger partial charge in [0.2, 0.25) is 0 Å². The second-order valence-electron chi connectivity index (χ2n) is 5.05. The molecule has 4 heteroatoms. The Labute approximate surface area is 98.9 Å². The first kappa shape index (κ1) is 13.3. The van der Waals surface area contributed by atoms with E-state index in [2.05, 4.69) is 29.5 Å². The number of hydrogen-bond donors (Lipinski definition) is 2. The molecule has 0 bridgehead atoms. The van der Waals surface area contributed by atoms with Crippen LogP contribution in [0.1, 0.15) is 33.1 Å². The first-order chi connectivity index (χ1) is 7.57. The SMILES string of the molecule is CN=C(NCCC1CC1)NCC(C)(C)OC. The summed E-state index contributed by atoms with van der Waals surface area (Å²) < 4.78 is 5.34. The molecule has 1 fully saturated rings. The van der Waals surface area contributed by atoms with Gasteiger partial charge in [-0.05, 0) is 26.2 Å². The van der Waals surface area contributed by atoms with Gasteiger partial charge in [0, 0.05) is 27.2 Å². The molecule has 0 unspecified atom stereocenters. The van der Waals surface area contributed by atoms with E-state index in [1.165, 1.54) is 19.3 Å². The Morgan fingerprint density at radius 2 is 2.06 bits per heavy atom. The maximum Gasteiger partial charge on any atom is 0.191 e. The van der Waals surface area contributed by atoms with Gasteiger partial charge in [-0.2, -0.15) is 0 Å². The molecule has 0 amide bonds.